The van der Waals surface area contributed by atoms with Gasteiger partial charge in [0.15, 0.2) is 0 Å². The van der Waals surface area contributed by atoms with Gasteiger partial charge in [-0.3, -0.25) is 0 Å². The molecule has 2 rings (SSSR count). The zero-order valence-electron chi connectivity index (χ0n) is 13.4. The van der Waals surface area contributed by atoms with Gasteiger partial charge in [0.05, 0.1) is 11.1 Å². The Morgan fingerprint density at radius 1 is 1.04 bits per heavy atom. The topological polar surface area (TPSA) is 74.6 Å². The van der Waals surface area contributed by atoms with Crippen molar-refractivity contribution in [3.05, 3.63) is 69.8 Å². The summed E-state index contributed by atoms with van der Waals surface area (Å²) in [6, 6.07) is 11.2. The minimum atomic E-state index is -1.11. The van der Waals surface area contributed by atoms with E-state index in [4.69, 9.17) is 11.6 Å². The third-order valence-corrected chi connectivity index (χ3v) is 4.20. The first-order valence-electron chi connectivity index (χ1n) is 7.67. The summed E-state index contributed by atoms with van der Waals surface area (Å²) >= 11 is 5.73. The molecule has 2 aromatic carbocycles. The molecule has 126 valence electrons. The van der Waals surface area contributed by atoms with E-state index in [2.05, 4.69) is 0 Å². The Labute approximate surface area is 145 Å². The molecule has 0 atom stereocenters. The van der Waals surface area contributed by atoms with Gasteiger partial charge in [0.2, 0.25) is 0 Å². The van der Waals surface area contributed by atoms with E-state index >= 15 is 0 Å². The lowest BCUT2D eigenvalue weighted by atomic mass is 9.87. The van der Waals surface area contributed by atoms with E-state index in [1.165, 1.54) is 0 Å². The second kappa shape index (κ2) is 7.97. The third kappa shape index (κ3) is 3.95. The molecule has 0 aromatic heterocycles. The van der Waals surface area contributed by atoms with Gasteiger partial charge < -0.3 is 10.2 Å². The minimum absolute atomic E-state index is 0.0781. The zero-order valence-corrected chi connectivity index (χ0v) is 14.1. The lowest BCUT2D eigenvalue weighted by molar-refractivity contribution is 0.0694. The van der Waals surface area contributed by atoms with Crippen LogP contribution in [-0.2, 0) is 12.8 Å². The van der Waals surface area contributed by atoms with Crippen molar-refractivity contribution in [3.8, 4) is 0 Å². The van der Waals surface area contributed by atoms with Crippen molar-refractivity contribution in [2.45, 2.75) is 26.2 Å². The predicted molar refractivity (Wildman–Crippen MR) is 93.4 cm³/mol. The molecule has 2 aromatic rings. The van der Waals surface area contributed by atoms with E-state index in [1.54, 1.807) is 13.0 Å². The van der Waals surface area contributed by atoms with Gasteiger partial charge in [-0.15, -0.1) is 11.6 Å². The molecule has 0 bridgehead atoms. The van der Waals surface area contributed by atoms with Crippen molar-refractivity contribution < 1.29 is 19.8 Å². The van der Waals surface area contributed by atoms with Crippen LogP contribution >= 0.6 is 11.6 Å². The maximum Gasteiger partial charge on any atom is 0.336 e. The van der Waals surface area contributed by atoms with Gasteiger partial charge in [0.1, 0.15) is 0 Å². The molecule has 0 amide bonds. The molecule has 0 heterocycles. The number of carboxylic acids is 2. The fourth-order valence-electron chi connectivity index (χ4n) is 2.98. The van der Waals surface area contributed by atoms with Crippen molar-refractivity contribution in [1.82, 2.24) is 0 Å². The van der Waals surface area contributed by atoms with Gasteiger partial charge in [-0.25, -0.2) is 9.59 Å². The highest BCUT2D eigenvalue weighted by Gasteiger charge is 2.24. The molecule has 0 aliphatic carbocycles. The number of carboxylic acid groups (broad SMARTS) is 2. The predicted octanol–water partition coefficient (Wildman–Crippen LogP) is 4.15. The second-order valence-corrected chi connectivity index (χ2v) is 6.02. The second-order valence-electron chi connectivity index (χ2n) is 5.65. The van der Waals surface area contributed by atoms with Gasteiger partial charge in [0.25, 0.3) is 0 Å². The molecule has 0 unspecified atom stereocenters. The maximum atomic E-state index is 11.9. The Kier molecular flexibility index (Phi) is 5.99. The Hall–Kier alpha value is -2.33. The van der Waals surface area contributed by atoms with Crippen molar-refractivity contribution in [2.24, 2.45) is 0 Å². The third-order valence-electron chi connectivity index (χ3n) is 3.94. The van der Waals surface area contributed by atoms with Crippen LogP contribution in [0.2, 0.25) is 0 Å². The largest absolute Gasteiger partial charge is 0.478 e. The van der Waals surface area contributed by atoms with Crippen molar-refractivity contribution in [1.29, 1.82) is 0 Å². The highest BCUT2D eigenvalue weighted by atomic mass is 35.5. The molecular formula is C19H19ClO4. The van der Waals surface area contributed by atoms with Crippen LogP contribution < -0.4 is 0 Å². The molecule has 0 saturated heterocycles. The first-order valence-corrected chi connectivity index (χ1v) is 8.21. The number of aryl methyl sites for hydroxylation is 1. The first kappa shape index (κ1) is 18.0. The molecule has 2 N–H and O–H groups in total. The number of aromatic carboxylic acids is 2. The van der Waals surface area contributed by atoms with E-state index < -0.39 is 11.9 Å². The molecule has 0 aliphatic rings. The molecule has 0 saturated carbocycles. The molecule has 0 aliphatic heterocycles. The standard InChI is InChI=1S/C19H19ClO4/c1-12-10-14(11-13-6-3-2-4-7-13)17(19(23)24)15(8-5-9-20)16(12)18(21)22/h2-4,6-7,10H,5,8-9,11H2,1H3,(H,21,22)(H,23,24). The van der Waals surface area contributed by atoms with Gasteiger partial charge in [-0.1, -0.05) is 36.4 Å². The summed E-state index contributed by atoms with van der Waals surface area (Å²) in [4.78, 5) is 23.5. The van der Waals surface area contributed by atoms with E-state index in [9.17, 15) is 19.8 Å². The number of rotatable bonds is 7. The van der Waals surface area contributed by atoms with Gasteiger partial charge in [-0.05, 0) is 48.4 Å². The van der Waals surface area contributed by atoms with Gasteiger partial charge >= 0.3 is 11.9 Å². The van der Waals surface area contributed by atoms with Crippen molar-refractivity contribution in [3.63, 3.8) is 0 Å². The Bertz CT molecular complexity index is 754. The number of alkyl halides is 1. The fraction of sp³-hybridized carbons (Fsp3) is 0.263. The summed E-state index contributed by atoms with van der Waals surface area (Å²) in [6.07, 6.45) is 1.30. The van der Waals surface area contributed by atoms with Crippen LogP contribution in [0.25, 0.3) is 0 Å². The highest BCUT2D eigenvalue weighted by Crippen LogP contribution is 2.27. The molecule has 5 heteroatoms. The van der Waals surface area contributed by atoms with Crippen LogP contribution in [0.4, 0.5) is 0 Å². The maximum absolute atomic E-state index is 11.9. The highest BCUT2D eigenvalue weighted by molar-refractivity contribution is 6.17. The summed E-state index contributed by atoms with van der Waals surface area (Å²) < 4.78 is 0. The smallest absolute Gasteiger partial charge is 0.336 e. The SMILES string of the molecule is Cc1cc(Cc2ccccc2)c(C(=O)O)c(CCCCl)c1C(=O)O. The number of hydrogen-bond donors (Lipinski definition) is 2. The number of hydrogen-bond acceptors (Lipinski definition) is 2. The minimum Gasteiger partial charge on any atom is -0.478 e. The van der Waals surface area contributed by atoms with E-state index in [0.29, 0.717) is 41.8 Å². The summed E-state index contributed by atoms with van der Waals surface area (Å²) in [5, 5.41) is 19.2. The van der Waals surface area contributed by atoms with Crippen LogP contribution in [-0.4, -0.2) is 28.0 Å². The Balaban J connectivity index is 2.64. The zero-order chi connectivity index (χ0) is 17.7. The summed E-state index contributed by atoms with van der Waals surface area (Å²) in [7, 11) is 0. The number of halogens is 1. The molecule has 0 radical (unpaired) electrons. The first-order chi connectivity index (χ1) is 11.5. The van der Waals surface area contributed by atoms with E-state index in [1.807, 2.05) is 30.3 Å². The summed E-state index contributed by atoms with van der Waals surface area (Å²) in [5.41, 5.74) is 2.71. The summed E-state index contributed by atoms with van der Waals surface area (Å²) in [5.74, 6) is -1.86. The monoisotopic (exact) mass is 346 g/mol. The number of carbonyl (C=O) groups is 2. The Morgan fingerprint density at radius 2 is 1.67 bits per heavy atom. The average Bonchev–Trinajstić information content (AvgIpc) is 2.52. The molecule has 0 spiro atoms. The van der Waals surface area contributed by atoms with Gasteiger partial charge in [-0.2, -0.15) is 0 Å². The molecule has 4 nitrogen and oxygen atoms in total. The van der Waals surface area contributed by atoms with Crippen LogP contribution in [0.5, 0.6) is 0 Å². The fourth-order valence-corrected chi connectivity index (χ4v) is 3.11. The lowest BCUT2D eigenvalue weighted by Gasteiger charge is -2.17. The van der Waals surface area contributed by atoms with E-state index in [0.717, 1.165) is 5.56 Å². The average molecular weight is 347 g/mol. The van der Waals surface area contributed by atoms with Crippen molar-refractivity contribution in [2.75, 3.05) is 5.88 Å². The normalized spacial score (nSPS) is 10.6. The quantitative estimate of drug-likeness (QED) is 0.738. The van der Waals surface area contributed by atoms with E-state index in [-0.39, 0.29) is 11.1 Å². The van der Waals surface area contributed by atoms with Crippen LogP contribution in [0.1, 0.15) is 49.4 Å². The van der Waals surface area contributed by atoms with Gasteiger partial charge in [0, 0.05) is 5.88 Å². The molecule has 24 heavy (non-hydrogen) atoms. The summed E-state index contributed by atoms with van der Waals surface area (Å²) in [6.45, 7) is 1.70. The van der Waals surface area contributed by atoms with Crippen LogP contribution in [0.15, 0.2) is 36.4 Å². The van der Waals surface area contributed by atoms with Crippen molar-refractivity contribution >= 4 is 23.5 Å². The lowest BCUT2D eigenvalue weighted by Crippen LogP contribution is -2.15. The van der Waals surface area contributed by atoms with Crippen LogP contribution in [0, 0.1) is 6.92 Å². The molecular weight excluding hydrogens is 328 g/mol. The Morgan fingerprint density at radius 3 is 2.21 bits per heavy atom. The van der Waals surface area contributed by atoms with Crippen LogP contribution in [0.3, 0.4) is 0 Å². The number of benzene rings is 2. The molecule has 0 fully saturated rings.